The Labute approximate surface area is 104 Å². The zero-order chi connectivity index (χ0) is 13.7. The molecular weight excluding hydrogens is 218 g/mol. The van der Waals surface area contributed by atoms with Gasteiger partial charge in [0.05, 0.1) is 13.0 Å². The second-order valence-corrected chi connectivity index (χ2v) is 2.67. The molecule has 0 saturated heterocycles. The van der Waals surface area contributed by atoms with E-state index in [0.717, 1.165) is 0 Å². The van der Waals surface area contributed by atoms with Crippen LogP contribution in [-0.2, 0) is 16.6 Å². The Kier molecular flexibility index (Phi) is 13.5. The molecule has 1 N–H and O–H groups in total. The SMILES string of the molecule is CC.CC.COCCC(=O)Nc1ccn(C)n1. The fourth-order valence-electron chi connectivity index (χ4n) is 0.882. The summed E-state index contributed by atoms with van der Waals surface area (Å²) in [5.41, 5.74) is 0. The molecule has 5 nitrogen and oxygen atoms in total. The number of nitrogens with zero attached hydrogens (tertiary/aromatic N) is 2. The van der Waals surface area contributed by atoms with Gasteiger partial charge in [0.25, 0.3) is 0 Å². The van der Waals surface area contributed by atoms with Gasteiger partial charge < -0.3 is 10.1 Å². The molecule has 17 heavy (non-hydrogen) atoms. The van der Waals surface area contributed by atoms with Gasteiger partial charge in [0.2, 0.25) is 5.91 Å². The fourth-order valence-corrected chi connectivity index (χ4v) is 0.882. The van der Waals surface area contributed by atoms with Crippen molar-refractivity contribution in [2.24, 2.45) is 7.05 Å². The molecule has 0 bridgehead atoms. The number of hydrogen-bond donors (Lipinski definition) is 1. The molecule has 0 fully saturated rings. The molecule has 1 rings (SSSR count). The molecule has 0 radical (unpaired) electrons. The Bertz CT molecular complexity index is 285. The average Bonchev–Trinajstić information content (AvgIpc) is 2.77. The van der Waals surface area contributed by atoms with Crippen molar-refractivity contribution in [1.82, 2.24) is 9.78 Å². The lowest BCUT2D eigenvalue weighted by Crippen LogP contribution is -2.14. The van der Waals surface area contributed by atoms with Gasteiger partial charge >= 0.3 is 0 Å². The van der Waals surface area contributed by atoms with Gasteiger partial charge in [-0.1, -0.05) is 27.7 Å². The van der Waals surface area contributed by atoms with E-state index in [2.05, 4.69) is 10.4 Å². The van der Waals surface area contributed by atoms with Crippen LogP contribution in [0.15, 0.2) is 12.3 Å². The Hall–Kier alpha value is -1.36. The summed E-state index contributed by atoms with van der Waals surface area (Å²) in [4.78, 5) is 11.1. The lowest BCUT2D eigenvalue weighted by Gasteiger charge is -1.99. The molecule has 5 heteroatoms. The predicted octanol–water partition coefficient (Wildman–Crippen LogP) is 2.45. The number of ether oxygens (including phenoxy) is 1. The third-order valence-corrected chi connectivity index (χ3v) is 1.51. The van der Waals surface area contributed by atoms with Crippen LogP contribution in [0.4, 0.5) is 5.82 Å². The summed E-state index contributed by atoms with van der Waals surface area (Å²) in [6.07, 6.45) is 2.12. The topological polar surface area (TPSA) is 56.1 Å². The molecule has 1 amide bonds. The van der Waals surface area contributed by atoms with Crippen LogP contribution in [0.5, 0.6) is 0 Å². The van der Waals surface area contributed by atoms with Crippen molar-refractivity contribution in [3.05, 3.63) is 12.3 Å². The number of carbonyl (C=O) groups excluding carboxylic acids is 1. The van der Waals surface area contributed by atoms with Crippen molar-refractivity contribution < 1.29 is 9.53 Å². The number of aryl methyl sites for hydroxylation is 1. The summed E-state index contributed by atoms with van der Waals surface area (Å²) in [5.74, 6) is 0.490. The Balaban J connectivity index is 0. The zero-order valence-electron chi connectivity index (χ0n) is 11.8. The lowest BCUT2D eigenvalue weighted by atomic mass is 10.4. The van der Waals surface area contributed by atoms with Crippen LogP contribution in [0.1, 0.15) is 34.1 Å². The van der Waals surface area contributed by atoms with Crippen LogP contribution in [0.25, 0.3) is 0 Å². The summed E-state index contributed by atoms with van der Waals surface area (Å²) in [6.45, 7) is 8.43. The Morgan fingerprint density at radius 3 is 2.41 bits per heavy atom. The highest BCUT2D eigenvalue weighted by Gasteiger charge is 2.02. The maximum atomic E-state index is 11.1. The second-order valence-electron chi connectivity index (χ2n) is 2.67. The van der Waals surface area contributed by atoms with Gasteiger partial charge in [-0.15, -0.1) is 0 Å². The summed E-state index contributed by atoms with van der Waals surface area (Å²) in [5, 5.41) is 6.65. The summed E-state index contributed by atoms with van der Waals surface area (Å²) in [7, 11) is 3.36. The van der Waals surface area contributed by atoms with Crippen LogP contribution in [0, 0.1) is 0 Å². The summed E-state index contributed by atoms with van der Waals surface area (Å²) >= 11 is 0. The van der Waals surface area contributed by atoms with E-state index in [1.807, 2.05) is 27.7 Å². The van der Waals surface area contributed by atoms with Gasteiger partial charge in [0.1, 0.15) is 0 Å². The van der Waals surface area contributed by atoms with Gasteiger partial charge in [-0.25, -0.2) is 0 Å². The standard InChI is InChI=1S/C8H13N3O2.2C2H6/c1-11-5-3-7(10-11)9-8(12)4-6-13-2;2*1-2/h3,5H,4,6H2,1-2H3,(H,9,10,12);2*1-2H3. The minimum absolute atomic E-state index is 0.0828. The third-order valence-electron chi connectivity index (χ3n) is 1.51. The maximum absolute atomic E-state index is 11.1. The number of aromatic nitrogens is 2. The molecule has 0 atom stereocenters. The van der Waals surface area contributed by atoms with Gasteiger partial charge in [0, 0.05) is 26.4 Å². The number of rotatable bonds is 4. The maximum Gasteiger partial charge on any atom is 0.227 e. The van der Waals surface area contributed by atoms with E-state index < -0.39 is 0 Å². The van der Waals surface area contributed by atoms with Crippen LogP contribution >= 0.6 is 0 Å². The Morgan fingerprint density at radius 1 is 1.41 bits per heavy atom. The van der Waals surface area contributed by atoms with E-state index in [4.69, 9.17) is 4.74 Å². The quantitative estimate of drug-likeness (QED) is 0.883. The van der Waals surface area contributed by atoms with Gasteiger partial charge in [-0.2, -0.15) is 5.10 Å². The molecule has 1 heterocycles. The van der Waals surface area contributed by atoms with E-state index in [1.54, 1.807) is 31.1 Å². The average molecular weight is 243 g/mol. The van der Waals surface area contributed by atoms with Crippen LogP contribution < -0.4 is 5.32 Å². The molecule has 100 valence electrons. The van der Waals surface area contributed by atoms with E-state index in [-0.39, 0.29) is 5.91 Å². The zero-order valence-corrected chi connectivity index (χ0v) is 11.8. The summed E-state index contributed by atoms with van der Waals surface area (Å²) in [6, 6.07) is 1.74. The van der Waals surface area contributed by atoms with Crippen molar-refractivity contribution in [3.63, 3.8) is 0 Å². The molecule has 0 saturated carbocycles. The molecule has 0 aliphatic carbocycles. The molecule has 0 spiro atoms. The molecule has 0 aliphatic heterocycles. The number of hydrogen-bond acceptors (Lipinski definition) is 3. The minimum atomic E-state index is -0.0828. The number of nitrogens with one attached hydrogen (secondary N) is 1. The van der Waals surface area contributed by atoms with Crippen molar-refractivity contribution in [2.45, 2.75) is 34.1 Å². The van der Waals surface area contributed by atoms with Gasteiger partial charge in [-0.05, 0) is 0 Å². The molecular formula is C12H25N3O2. The number of anilines is 1. The minimum Gasteiger partial charge on any atom is -0.384 e. The highest BCUT2D eigenvalue weighted by molar-refractivity contribution is 5.89. The largest absolute Gasteiger partial charge is 0.384 e. The van der Waals surface area contributed by atoms with Gasteiger partial charge in [-0.3, -0.25) is 9.48 Å². The fraction of sp³-hybridized carbons (Fsp3) is 0.667. The van der Waals surface area contributed by atoms with Crippen molar-refractivity contribution >= 4 is 11.7 Å². The van der Waals surface area contributed by atoms with Crippen LogP contribution in [0.3, 0.4) is 0 Å². The lowest BCUT2D eigenvalue weighted by molar-refractivity contribution is -0.117. The molecule has 0 unspecified atom stereocenters. The highest BCUT2D eigenvalue weighted by Crippen LogP contribution is 2.01. The normalized spacial score (nSPS) is 8.35. The van der Waals surface area contributed by atoms with E-state index in [9.17, 15) is 4.79 Å². The van der Waals surface area contributed by atoms with Crippen LogP contribution in [-0.4, -0.2) is 29.4 Å². The molecule has 1 aromatic rings. The number of methoxy groups -OCH3 is 1. The smallest absolute Gasteiger partial charge is 0.227 e. The first-order chi connectivity index (χ1) is 8.22. The first-order valence-electron chi connectivity index (χ1n) is 6.01. The second kappa shape index (κ2) is 12.7. The van der Waals surface area contributed by atoms with Crippen molar-refractivity contribution in [3.8, 4) is 0 Å². The van der Waals surface area contributed by atoms with E-state index in [1.165, 1.54) is 0 Å². The number of carbonyl (C=O) groups is 1. The van der Waals surface area contributed by atoms with Crippen LogP contribution in [0.2, 0.25) is 0 Å². The summed E-state index contributed by atoms with van der Waals surface area (Å²) < 4.78 is 6.40. The molecule has 0 aliphatic rings. The van der Waals surface area contributed by atoms with Crippen molar-refractivity contribution in [2.75, 3.05) is 19.0 Å². The number of amides is 1. The predicted molar refractivity (Wildman–Crippen MR) is 71.0 cm³/mol. The first-order valence-corrected chi connectivity index (χ1v) is 6.01. The first kappa shape index (κ1) is 18.0. The third kappa shape index (κ3) is 9.56. The molecule has 0 aromatic carbocycles. The van der Waals surface area contributed by atoms with Crippen molar-refractivity contribution in [1.29, 1.82) is 0 Å². The highest BCUT2D eigenvalue weighted by atomic mass is 16.5. The van der Waals surface area contributed by atoms with E-state index in [0.29, 0.717) is 18.8 Å². The van der Waals surface area contributed by atoms with Gasteiger partial charge in [0.15, 0.2) is 5.82 Å². The van der Waals surface area contributed by atoms with E-state index >= 15 is 0 Å². The Morgan fingerprint density at radius 2 is 2.00 bits per heavy atom. The molecule has 1 aromatic heterocycles. The monoisotopic (exact) mass is 243 g/mol.